The summed E-state index contributed by atoms with van der Waals surface area (Å²) in [6, 6.07) is 5.75. The minimum atomic E-state index is 0.221. The molecule has 1 heterocycles. The monoisotopic (exact) mass is 332 g/mol. The molecule has 100 valence electrons. The van der Waals surface area contributed by atoms with E-state index >= 15 is 0 Å². The number of hydrogen-bond acceptors (Lipinski definition) is 2. The van der Waals surface area contributed by atoms with Crippen molar-refractivity contribution in [2.45, 2.75) is 30.7 Å². The van der Waals surface area contributed by atoms with Gasteiger partial charge in [-0.15, -0.1) is 0 Å². The van der Waals surface area contributed by atoms with Crippen LogP contribution in [-0.2, 0) is 4.74 Å². The molecule has 2 nitrogen and oxygen atoms in total. The van der Waals surface area contributed by atoms with Gasteiger partial charge in [0.25, 0.3) is 0 Å². The third-order valence-electron chi connectivity index (χ3n) is 3.53. The lowest BCUT2D eigenvalue weighted by Gasteiger charge is -2.24. The molecule has 0 radical (unpaired) electrons. The van der Waals surface area contributed by atoms with E-state index in [1.807, 2.05) is 18.2 Å². The largest absolute Gasteiger partial charge is 0.496 e. The van der Waals surface area contributed by atoms with Crippen molar-refractivity contribution in [3.63, 3.8) is 0 Å². The first-order chi connectivity index (χ1) is 8.67. The predicted octanol–water partition coefficient (Wildman–Crippen LogP) is 4.60. The van der Waals surface area contributed by atoms with E-state index in [0.29, 0.717) is 12.0 Å². The molecule has 0 bridgehead atoms. The summed E-state index contributed by atoms with van der Waals surface area (Å²) in [4.78, 5) is 0.221. The molecule has 1 fully saturated rings. The SMILES string of the molecule is CCC1OCCC1C(Br)c1cc(Cl)ccc1OC. The first-order valence-corrected chi connectivity index (χ1v) is 7.55. The van der Waals surface area contributed by atoms with E-state index in [2.05, 4.69) is 22.9 Å². The Morgan fingerprint density at radius 2 is 2.33 bits per heavy atom. The van der Waals surface area contributed by atoms with Gasteiger partial charge in [-0.1, -0.05) is 34.5 Å². The molecule has 0 aliphatic carbocycles. The van der Waals surface area contributed by atoms with Crippen molar-refractivity contribution in [2.24, 2.45) is 5.92 Å². The molecule has 1 saturated heterocycles. The van der Waals surface area contributed by atoms with Gasteiger partial charge < -0.3 is 9.47 Å². The number of halogens is 2. The van der Waals surface area contributed by atoms with Crippen LogP contribution in [0.3, 0.4) is 0 Å². The maximum atomic E-state index is 6.09. The number of methoxy groups -OCH3 is 1. The van der Waals surface area contributed by atoms with Crippen LogP contribution in [0.2, 0.25) is 5.02 Å². The zero-order valence-electron chi connectivity index (χ0n) is 10.7. The van der Waals surface area contributed by atoms with Crippen molar-refractivity contribution in [2.75, 3.05) is 13.7 Å². The molecule has 0 saturated carbocycles. The van der Waals surface area contributed by atoms with Crippen LogP contribution in [0.25, 0.3) is 0 Å². The molecule has 4 heteroatoms. The fourth-order valence-electron chi connectivity index (χ4n) is 2.57. The quantitative estimate of drug-likeness (QED) is 0.750. The molecule has 0 spiro atoms. The van der Waals surface area contributed by atoms with Crippen molar-refractivity contribution in [1.29, 1.82) is 0 Å². The molecule has 1 aromatic rings. The minimum Gasteiger partial charge on any atom is -0.496 e. The van der Waals surface area contributed by atoms with Gasteiger partial charge in [-0.2, -0.15) is 0 Å². The summed E-state index contributed by atoms with van der Waals surface area (Å²) in [6.45, 7) is 3.01. The van der Waals surface area contributed by atoms with E-state index in [4.69, 9.17) is 21.1 Å². The highest BCUT2D eigenvalue weighted by molar-refractivity contribution is 9.09. The summed E-state index contributed by atoms with van der Waals surface area (Å²) in [5.41, 5.74) is 1.11. The molecule has 0 aromatic heterocycles. The van der Waals surface area contributed by atoms with Gasteiger partial charge in [-0.3, -0.25) is 0 Å². The Bertz CT molecular complexity index is 411. The number of rotatable bonds is 4. The number of ether oxygens (including phenoxy) is 2. The second-order valence-electron chi connectivity index (χ2n) is 4.56. The molecular formula is C14H18BrClO2. The van der Waals surface area contributed by atoms with Gasteiger partial charge in [-0.05, 0) is 31.0 Å². The standard InChI is InChI=1S/C14H18BrClO2/c1-3-12-10(6-7-18-12)14(15)11-8-9(16)4-5-13(11)17-2/h4-5,8,10,12,14H,3,6-7H2,1-2H3. The van der Waals surface area contributed by atoms with E-state index in [9.17, 15) is 0 Å². The first-order valence-electron chi connectivity index (χ1n) is 6.26. The highest BCUT2D eigenvalue weighted by Gasteiger charge is 2.34. The van der Waals surface area contributed by atoms with Crippen LogP contribution in [0, 0.1) is 5.92 Å². The first kappa shape index (κ1) is 14.2. The second kappa shape index (κ2) is 6.27. The van der Waals surface area contributed by atoms with E-state index in [1.54, 1.807) is 7.11 Å². The lowest BCUT2D eigenvalue weighted by molar-refractivity contribution is 0.0871. The third kappa shape index (κ3) is 2.84. The van der Waals surface area contributed by atoms with Gasteiger partial charge in [0, 0.05) is 27.9 Å². The van der Waals surface area contributed by atoms with Crippen LogP contribution in [0.5, 0.6) is 5.75 Å². The molecule has 3 unspecified atom stereocenters. The van der Waals surface area contributed by atoms with Gasteiger partial charge in [0.15, 0.2) is 0 Å². The van der Waals surface area contributed by atoms with Crippen LogP contribution >= 0.6 is 27.5 Å². The van der Waals surface area contributed by atoms with Crippen molar-refractivity contribution in [3.05, 3.63) is 28.8 Å². The summed E-state index contributed by atoms with van der Waals surface area (Å²) in [5, 5.41) is 0.738. The van der Waals surface area contributed by atoms with Crippen molar-refractivity contribution in [1.82, 2.24) is 0 Å². The van der Waals surface area contributed by atoms with Gasteiger partial charge in [0.2, 0.25) is 0 Å². The predicted molar refractivity (Wildman–Crippen MR) is 77.8 cm³/mol. The molecule has 3 atom stereocenters. The van der Waals surface area contributed by atoms with Crippen LogP contribution in [0.4, 0.5) is 0 Å². The fraction of sp³-hybridized carbons (Fsp3) is 0.571. The van der Waals surface area contributed by atoms with Gasteiger partial charge in [0.1, 0.15) is 5.75 Å². The molecule has 1 aliphatic rings. The lowest BCUT2D eigenvalue weighted by Crippen LogP contribution is -2.19. The van der Waals surface area contributed by atoms with Crippen molar-refractivity contribution >= 4 is 27.5 Å². The van der Waals surface area contributed by atoms with Crippen molar-refractivity contribution in [3.8, 4) is 5.75 Å². The van der Waals surface area contributed by atoms with Gasteiger partial charge >= 0.3 is 0 Å². The average Bonchev–Trinajstić information content (AvgIpc) is 2.86. The van der Waals surface area contributed by atoms with Crippen LogP contribution < -0.4 is 4.74 Å². The zero-order chi connectivity index (χ0) is 13.1. The molecular weight excluding hydrogens is 316 g/mol. The summed E-state index contributed by atoms with van der Waals surface area (Å²) in [5.74, 6) is 1.35. The third-order valence-corrected chi connectivity index (χ3v) is 4.94. The summed E-state index contributed by atoms with van der Waals surface area (Å²) in [7, 11) is 1.69. The normalized spacial score (nSPS) is 25.1. The van der Waals surface area contributed by atoms with Gasteiger partial charge in [0.05, 0.1) is 13.2 Å². The second-order valence-corrected chi connectivity index (χ2v) is 5.98. The topological polar surface area (TPSA) is 18.5 Å². The van der Waals surface area contributed by atoms with E-state index in [-0.39, 0.29) is 4.83 Å². The lowest BCUT2D eigenvalue weighted by atomic mass is 9.91. The summed E-state index contributed by atoms with van der Waals surface area (Å²) < 4.78 is 11.2. The maximum Gasteiger partial charge on any atom is 0.123 e. The van der Waals surface area contributed by atoms with Crippen LogP contribution in [0.15, 0.2) is 18.2 Å². The van der Waals surface area contributed by atoms with E-state index in [0.717, 1.165) is 35.8 Å². The maximum absolute atomic E-state index is 6.09. The molecule has 1 aromatic carbocycles. The number of alkyl halides is 1. The summed E-state index contributed by atoms with van der Waals surface area (Å²) >= 11 is 9.89. The number of benzene rings is 1. The molecule has 2 rings (SSSR count). The van der Waals surface area contributed by atoms with Crippen LogP contribution in [-0.4, -0.2) is 19.8 Å². The Morgan fingerprint density at radius 1 is 1.56 bits per heavy atom. The zero-order valence-corrected chi connectivity index (χ0v) is 13.0. The highest BCUT2D eigenvalue weighted by Crippen LogP contribution is 2.44. The van der Waals surface area contributed by atoms with E-state index in [1.165, 1.54) is 0 Å². The highest BCUT2D eigenvalue weighted by atomic mass is 79.9. The summed E-state index contributed by atoms with van der Waals surface area (Å²) in [6.07, 6.45) is 2.43. The number of hydrogen-bond donors (Lipinski definition) is 0. The smallest absolute Gasteiger partial charge is 0.123 e. The average molecular weight is 334 g/mol. The Morgan fingerprint density at radius 3 is 3.00 bits per heavy atom. The molecule has 0 N–H and O–H groups in total. The molecule has 1 aliphatic heterocycles. The van der Waals surface area contributed by atoms with Crippen LogP contribution in [0.1, 0.15) is 30.2 Å². The fourth-order valence-corrected chi connectivity index (χ4v) is 3.71. The molecule has 18 heavy (non-hydrogen) atoms. The minimum absolute atomic E-state index is 0.221. The Kier molecular flexibility index (Phi) is 4.93. The Hall–Kier alpha value is -0.250. The Labute approximate surface area is 122 Å². The Balaban J connectivity index is 2.27. The van der Waals surface area contributed by atoms with Gasteiger partial charge in [-0.25, -0.2) is 0 Å². The van der Waals surface area contributed by atoms with Crippen molar-refractivity contribution < 1.29 is 9.47 Å². The molecule has 0 amide bonds. The van der Waals surface area contributed by atoms with E-state index < -0.39 is 0 Å².